The lowest BCUT2D eigenvalue weighted by molar-refractivity contribution is 0.0593. The van der Waals surface area contributed by atoms with Gasteiger partial charge in [0.05, 0.1) is 12.8 Å². The number of esters is 1. The molecule has 0 aromatic carbocycles. The molecule has 92 valence electrons. The van der Waals surface area contributed by atoms with Gasteiger partial charge >= 0.3 is 5.97 Å². The van der Waals surface area contributed by atoms with Crippen LogP contribution in [0.25, 0.3) is 0 Å². The molecule has 0 amide bonds. The average Bonchev–Trinajstić information content (AvgIpc) is 2.74. The van der Waals surface area contributed by atoms with Crippen LogP contribution in [0, 0.1) is 0 Å². The maximum Gasteiger partial charge on any atom is 0.356 e. The topological polar surface area (TPSA) is 68.5 Å². The van der Waals surface area contributed by atoms with Crippen LogP contribution in [0.15, 0.2) is 18.2 Å². The number of hydrogen-bond donors (Lipinski definition) is 1. The van der Waals surface area contributed by atoms with Crippen molar-refractivity contribution >= 4 is 5.97 Å². The van der Waals surface area contributed by atoms with Crippen molar-refractivity contribution in [3.63, 3.8) is 0 Å². The van der Waals surface area contributed by atoms with Crippen LogP contribution in [0.3, 0.4) is 0 Å². The van der Waals surface area contributed by atoms with Crippen molar-refractivity contribution in [3.05, 3.63) is 29.6 Å². The van der Waals surface area contributed by atoms with E-state index in [4.69, 9.17) is 5.73 Å². The van der Waals surface area contributed by atoms with E-state index in [1.165, 1.54) is 7.11 Å². The standard InChI is InChI=1S/C12H17N3O2/c1-17-12(16)11-4-2-3-10(14-11)8-15-6-5-9(13)7-15/h2-4,9H,5-8,13H2,1H3/t9-/m0/s1. The summed E-state index contributed by atoms with van der Waals surface area (Å²) in [5, 5.41) is 0. The summed E-state index contributed by atoms with van der Waals surface area (Å²) in [5.74, 6) is -0.398. The third-order valence-corrected chi connectivity index (χ3v) is 2.90. The molecule has 1 fully saturated rings. The van der Waals surface area contributed by atoms with E-state index in [9.17, 15) is 4.79 Å². The van der Waals surface area contributed by atoms with Gasteiger partial charge in [-0.05, 0) is 18.6 Å². The lowest BCUT2D eigenvalue weighted by Crippen LogP contribution is -2.26. The molecule has 1 aromatic heterocycles. The molecule has 0 saturated carbocycles. The van der Waals surface area contributed by atoms with E-state index in [0.717, 1.165) is 31.7 Å². The van der Waals surface area contributed by atoms with Gasteiger partial charge in [-0.25, -0.2) is 9.78 Å². The van der Waals surface area contributed by atoms with E-state index in [1.807, 2.05) is 12.1 Å². The number of rotatable bonds is 3. The summed E-state index contributed by atoms with van der Waals surface area (Å²) >= 11 is 0. The summed E-state index contributed by atoms with van der Waals surface area (Å²) in [4.78, 5) is 17.9. The summed E-state index contributed by atoms with van der Waals surface area (Å²) in [5.41, 5.74) is 7.07. The maximum absolute atomic E-state index is 11.3. The molecule has 0 bridgehead atoms. The van der Waals surface area contributed by atoms with Crippen molar-refractivity contribution < 1.29 is 9.53 Å². The van der Waals surface area contributed by atoms with Gasteiger partial charge in [0.2, 0.25) is 0 Å². The molecule has 0 aliphatic carbocycles. The number of likely N-dealkylation sites (tertiary alicyclic amines) is 1. The SMILES string of the molecule is COC(=O)c1cccc(CN2CC[C@H](N)C2)n1. The van der Waals surface area contributed by atoms with Crippen LogP contribution in [-0.2, 0) is 11.3 Å². The van der Waals surface area contributed by atoms with E-state index in [2.05, 4.69) is 14.6 Å². The molecule has 1 aromatic rings. The first kappa shape index (κ1) is 12.0. The fourth-order valence-electron chi connectivity index (χ4n) is 2.02. The quantitative estimate of drug-likeness (QED) is 0.768. The number of methoxy groups -OCH3 is 1. The number of ether oxygens (including phenoxy) is 1. The van der Waals surface area contributed by atoms with Gasteiger partial charge in [-0.3, -0.25) is 4.90 Å². The minimum Gasteiger partial charge on any atom is -0.464 e. The minimum atomic E-state index is -0.398. The number of aromatic nitrogens is 1. The molecule has 2 N–H and O–H groups in total. The van der Waals surface area contributed by atoms with Crippen molar-refractivity contribution in [2.24, 2.45) is 5.73 Å². The predicted octanol–water partition coefficient (Wildman–Crippen LogP) is 0.401. The average molecular weight is 235 g/mol. The second-order valence-corrected chi connectivity index (χ2v) is 4.29. The highest BCUT2D eigenvalue weighted by atomic mass is 16.5. The zero-order valence-corrected chi connectivity index (χ0v) is 9.93. The van der Waals surface area contributed by atoms with Crippen LogP contribution in [0.1, 0.15) is 22.6 Å². The second-order valence-electron chi connectivity index (χ2n) is 4.29. The summed E-state index contributed by atoms with van der Waals surface area (Å²) in [6.45, 7) is 2.62. The maximum atomic E-state index is 11.3. The predicted molar refractivity (Wildman–Crippen MR) is 63.4 cm³/mol. The van der Waals surface area contributed by atoms with Gasteiger partial charge in [0.25, 0.3) is 0 Å². The summed E-state index contributed by atoms with van der Waals surface area (Å²) < 4.78 is 4.64. The molecule has 1 saturated heterocycles. The van der Waals surface area contributed by atoms with Crippen LogP contribution in [0.4, 0.5) is 0 Å². The van der Waals surface area contributed by atoms with Gasteiger partial charge in [-0.15, -0.1) is 0 Å². The van der Waals surface area contributed by atoms with Gasteiger partial charge < -0.3 is 10.5 Å². The van der Waals surface area contributed by atoms with Gasteiger partial charge in [-0.1, -0.05) is 6.07 Å². The Morgan fingerprint density at radius 2 is 2.47 bits per heavy atom. The number of hydrogen-bond acceptors (Lipinski definition) is 5. The monoisotopic (exact) mass is 235 g/mol. The van der Waals surface area contributed by atoms with Gasteiger partial charge in [0.15, 0.2) is 0 Å². The zero-order valence-electron chi connectivity index (χ0n) is 9.93. The smallest absolute Gasteiger partial charge is 0.356 e. The van der Waals surface area contributed by atoms with Crippen LogP contribution in [0.2, 0.25) is 0 Å². The molecule has 5 heteroatoms. The Morgan fingerprint density at radius 1 is 1.65 bits per heavy atom. The number of nitrogens with two attached hydrogens (primary N) is 1. The summed E-state index contributed by atoms with van der Waals surface area (Å²) in [7, 11) is 1.36. The lowest BCUT2D eigenvalue weighted by atomic mass is 10.3. The highest BCUT2D eigenvalue weighted by molar-refractivity contribution is 5.87. The minimum absolute atomic E-state index is 0.263. The summed E-state index contributed by atoms with van der Waals surface area (Å²) in [6, 6.07) is 5.66. The number of carbonyl (C=O) groups is 1. The Labute approximate surface area is 101 Å². The fourth-order valence-corrected chi connectivity index (χ4v) is 2.02. The molecule has 2 heterocycles. The van der Waals surface area contributed by atoms with Gasteiger partial charge in [-0.2, -0.15) is 0 Å². The first-order valence-electron chi connectivity index (χ1n) is 5.71. The lowest BCUT2D eigenvalue weighted by Gasteiger charge is -2.14. The Balaban J connectivity index is 2.03. The van der Waals surface area contributed by atoms with Crippen molar-refractivity contribution in [3.8, 4) is 0 Å². The van der Waals surface area contributed by atoms with Crippen LogP contribution < -0.4 is 5.73 Å². The Kier molecular flexibility index (Phi) is 3.71. The van der Waals surface area contributed by atoms with Crippen LogP contribution in [-0.4, -0.2) is 42.1 Å². The van der Waals surface area contributed by atoms with E-state index < -0.39 is 5.97 Å². The second kappa shape index (κ2) is 5.25. The summed E-state index contributed by atoms with van der Waals surface area (Å²) in [6.07, 6.45) is 1.02. The third kappa shape index (κ3) is 3.01. The fraction of sp³-hybridized carbons (Fsp3) is 0.500. The van der Waals surface area contributed by atoms with Gasteiger partial charge in [0.1, 0.15) is 5.69 Å². The number of nitrogens with zero attached hydrogens (tertiary/aromatic N) is 2. The van der Waals surface area contributed by atoms with E-state index in [1.54, 1.807) is 6.07 Å². The molecule has 0 spiro atoms. The molecule has 5 nitrogen and oxygen atoms in total. The van der Waals surface area contributed by atoms with Crippen molar-refractivity contribution in [2.45, 2.75) is 19.0 Å². The van der Waals surface area contributed by atoms with E-state index in [0.29, 0.717) is 5.69 Å². The molecule has 0 radical (unpaired) electrons. The number of pyridine rings is 1. The normalized spacial score (nSPS) is 20.5. The van der Waals surface area contributed by atoms with Crippen molar-refractivity contribution in [2.75, 3.05) is 20.2 Å². The largest absolute Gasteiger partial charge is 0.464 e. The first-order chi connectivity index (χ1) is 8.19. The van der Waals surface area contributed by atoms with E-state index in [-0.39, 0.29) is 6.04 Å². The van der Waals surface area contributed by atoms with Crippen LogP contribution in [0.5, 0.6) is 0 Å². The molecule has 1 aliphatic rings. The molecule has 2 rings (SSSR count). The molecule has 17 heavy (non-hydrogen) atoms. The third-order valence-electron chi connectivity index (χ3n) is 2.90. The highest BCUT2D eigenvalue weighted by Crippen LogP contribution is 2.11. The van der Waals surface area contributed by atoms with E-state index >= 15 is 0 Å². The molecular weight excluding hydrogens is 218 g/mol. The Bertz CT molecular complexity index is 408. The molecule has 1 aliphatic heterocycles. The van der Waals surface area contributed by atoms with Crippen LogP contribution >= 0.6 is 0 Å². The first-order valence-corrected chi connectivity index (χ1v) is 5.71. The Morgan fingerprint density at radius 3 is 3.12 bits per heavy atom. The van der Waals surface area contributed by atoms with Crippen molar-refractivity contribution in [1.82, 2.24) is 9.88 Å². The molecule has 1 atom stereocenters. The molecular formula is C12H17N3O2. The number of carbonyl (C=O) groups excluding carboxylic acids is 1. The zero-order chi connectivity index (χ0) is 12.3. The van der Waals surface area contributed by atoms with Gasteiger partial charge in [0, 0.05) is 25.7 Å². The highest BCUT2D eigenvalue weighted by Gasteiger charge is 2.19. The Hall–Kier alpha value is -1.46. The van der Waals surface area contributed by atoms with Crippen molar-refractivity contribution in [1.29, 1.82) is 0 Å². The molecule has 0 unspecified atom stereocenters.